The summed E-state index contributed by atoms with van der Waals surface area (Å²) >= 11 is 6.21. The Hall–Kier alpha value is -2.93. The highest BCUT2D eigenvalue weighted by molar-refractivity contribution is 6.31. The van der Waals surface area contributed by atoms with Gasteiger partial charge in [0.15, 0.2) is 0 Å². The van der Waals surface area contributed by atoms with Crippen LogP contribution in [-0.4, -0.2) is 76.4 Å². The first-order chi connectivity index (χ1) is 19.9. The maximum atomic E-state index is 13.3. The number of hydrogen-bond acceptors (Lipinski definition) is 8. The third-order valence-electron chi connectivity index (χ3n) is 10.4. The Kier molecular flexibility index (Phi) is 7.40. The molecular weight excluding hydrogens is 552 g/mol. The van der Waals surface area contributed by atoms with Crippen molar-refractivity contribution in [3.05, 3.63) is 46.7 Å². The molecule has 6 rings (SSSR count). The molecule has 42 heavy (non-hydrogen) atoms. The fraction of sp³-hybridized carbons (Fsp3) is 0.625. The lowest BCUT2D eigenvalue weighted by atomic mass is 9.49. The molecule has 4 aliphatic rings. The number of nitriles is 1. The predicted octanol–water partition coefficient (Wildman–Crippen LogP) is 4.43. The van der Waals surface area contributed by atoms with Gasteiger partial charge in [-0.2, -0.15) is 5.26 Å². The fourth-order valence-corrected chi connectivity index (χ4v) is 8.51. The first kappa shape index (κ1) is 29.2. The molecule has 2 N–H and O–H groups in total. The van der Waals surface area contributed by atoms with Crippen LogP contribution in [0.15, 0.2) is 30.6 Å². The first-order valence-electron chi connectivity index (χ1n) is 15.1. The van der Waals surface area contributed by atoms with E-state index >= 15 is 0 Å². The Balaban J connectivity index is 1.04. The van der Waals surface area contributed by atoms with Crippen LogP contribution >= 0.6 is 11.6 Å². The third kappa shape index (κ3) is 5.12. The molecule has 0 bridgehead atoms. The number of anilines is 1. The van der Waals surface area contributed by atoms with Crippen molar-refractivity contribution in [1.29, 1.82) is 5.26 Å². The SMILES string of the molecule is CC1(C)C(NC(=O)c2cnc(N3CCC4(CC(N5CCC(O)CC5)C4)C3)nc2)C(C)(C)C1Oc1ccc(C#N)c(Cl)c1. The van der Waals surface area contributed by atoms with Crippen molar-refractivity contribution >= 4 is 23.5 Å². The fourth-order valence-electron chi connectivity index (χ4n) is 8.30. The second kappa shape index (κ2) is 10.7. The lowest BCUT2D eigenvalue weighted by Gasteiger charge is -2.63. The second-order valence-corrected chi connectivity index (χ2v) is 14.5. The number of likely N-dealkylation sites (tertiary alicyclic amines) is 1. The Bertz CT molecular complexity index is 1360. The van der Waals surface area contributed by atoms with Gasteiger partial charge in [-0.25, -0.2) is 9.97 Å². The van der Waals surface area contributed by atoms with Gasteiger partial charge in [-0.15, -0.1) is 0 Å². The van der Waals surface area contributed by atoms with E-state index in [0.717, 1.165) is 45.4 Å². The van der Waals surface area contributed by atoms with Crippen LogP contribution in [0, 0.1) is 27.6 Å². The molecule has 224 valence electrons. The number of aliphatic hydroxyl groups is 1. The molecule has 3 heterocycles. The number of nitrogens with one attached hydrogen (secondary N) is 1. The lowest BCUT2D eigenvalue weighted by molar-refractivity contribution is -0.164. The van der Waals surface area contributed by atoms with Gasteiger partial charge >= 0.3 is 0 Å². The van der Waals surface area contributed by atoms with Crippen molar-refractivity contribution in [2.45, 2.75) is 84.1 Å². The molecular formula is C32H41ClN6O3. The Labute approximate surface area is 253 Å². The number of aromatic nitrogens is 2. The van der Waals surface area contributed by atoms with Crippen LogP contribution in [0.4, 0.5) is 5.95 Å². The zero-order chi connectivity index (χ0) is 29.9. The van der Waals surface area contributed by atoms with Gasteiger partial charge in [-0.1, -0.05) is 39.3 Å². The standard InChI is InChI=1S/C32H41ClN6O3/c1-30(2)27(31(3,4)28(30)42-24-6-5-20(16-34)25(33)13-24)37-26(41)21-17-35-29(36-18-21)39-12-9-32(19-39)14-22(15-32)38-10-7-23(40)8-11-38/h5-6,13,17-18,22-23,27-28,40H,7-12,14-15,19H2,1-4H3,(H,37,41). The normalized spacial score (nSPS) is 26.7. The Morgan fingerprint density at radius 1 is 1.12 bits per heavy atom. The van der Waals surface area contributed by atoms with E-state index in [-0.39, 0.29) is 35.0 Å². The highest BCUT2D eigenvalue weighted by Gasteiger charge is 2.64. The first-order valence-corrected chi connectivity index (χ1v) is 15.5. The number of ether oxygens (including phenoxy) is 1. The highest BCUT2D eigenvalue weighted by Crippen LogP contribution is 2.56. The summed E-state index contributed by atoms with van der Waals surface area (Å²) in [5.74, 6) is 1.09. The number of carbonyl (C=O) groups excluding carboxylic acids is 1. The van der Waals surface area contributed by atoms with Gasteiger partial charge in [0.1, 0.15) is 17.9 Å². The van der Waals surface area contributed by atoms with Crippen LogP contribution in [-0.2, 0) is 0 Å². The molecule has 2 aromatic rings. The maximum Gasteiger partial charge on any atom is 0.254 e. The molecule has 2 aliphatic carbocycles. The predicted molar refractivity (Wildman–Crippen MR) is 161 cm³/mol. The van der Waals surface area contributed by atoms with E-state index in [1.54, 1.807) is 30.6 Å². The second-order valence-electron chi connectivity index (χ2n) is 14.1. The smallest absolute Gasteiger partial charge is 0.254 e. The summed E-state index contributed by atoms with van der Waals surface area (Å²) in [5.41, 5.74) is 0.491. The summed E-state index contributed by atoms with van der Waals surface area (Å²) in [4.78, 5) is 27.3. The summed E-state index contributed by atoms with van der Waals surface area (Å²) in [7, 11) is 0. The molecule has 10 heteroatoms. The van der Waals surface area contributed by atoms with E-state index in [0.29, 0.717) is 39.3 Å². The third-order valence-corrected chi connectivity index (χ3v) is 10.7. The Morgan fingerprint density at radius 3 is 2.40 bits per heavy atom. The number of rotatable bonds is 6. The molecule has 9 nitrogen and oxygen atoms in total. The van der Waals surface area contributed by atoms with Crippen LogP contribution in [0.2, 0.25) is 5.02 Å². The number of halogens is 1. The molecule has 0 unspecified atom stereocenters. The van der Waals surface area contributed by atoms with E-state index < -0.39 is 0 Å². The van der Waals surface area contributed by atoms with Crippen LogP contribution in [0.1, 0.15) is 75.7 Å². The van der Waals surface area contributed by atoms with Gasteiger partial charge < -0.3 is 25.0 Å². The van der Waals surface area contributed by atoms with Gasteiger partial charge in [0.25, 0.3) is 5.91 Å². The van der Waals surface area contributed by atoms with Gasteiger partial charge in [0.05, 0.1) is 22.3 Å². The molecule has 1 amide bonds. The quantitative estimate of drug-likeness (QED) is 0.506. The number of hydrogen-bond donors (Lipinski definition) is 2. The van der Waals surface area contributed by atoms with Gasteiger partial charge in [0.2, 0.25) is 5.95 Å². The number of amides is 1. The van der Waals surface area contributed by atoms with Crippen LogP contribution in [0.25, 0.3) is 0 Å². The van der Waals surface area contributed by atoms with Gasteiger partial charge in [-0.3, -0.25) is 4.79 Å². The summed E-state index contributed by atoms with van der Waals surface area (Å²) in [5, 5.41) is 22.5. The molecule has 1 spiro atoms. The number of nitrogens with zero attached hydrogens (tertiary/aromatic N) is 5. The van der Waals surface area contributed by atoms with Crippen molar-refractivity contribution in [3.63, 3.8) is 0 Å². The minimum atomic E-state index is -0.348. The lowest BCUT2D eigenvalue weighted by Crippen LogP contribution is -2.74. The van der Waals surface area contributed by atoms with Crippen molar-refractivity contribution in [3.8, 4) is 11.8 Å². The average Bonchev–Trinajstić information content (AvgIpc) is 3.40. The van der Waals surface area contributed by atoms with E-state index in [9.17, 15) is 9.90 Å². The molecule has 4 fully saturated rings. The highest BCUT2D eigenvalue weighted by atomic mass is 35.5. The number of carbonyl (C=O) groups is 1. The zero-order valence-corrected chi connectivity index (χ0v) is 25.7. The minimum Gasteiger partial charge on any atom is -0.489 e. The maximum absolute atomic E-state index is 13.3. The van der Waals surface area contributed by atoms with E-state index in [2.05, 4.69) is 58.8 Å². The van der Waals surface area contributed by atoms with E-state index in [4.69, 9.17) is 21.6 Å². The van der Waals surface area contributed by atoms with Crippen molar-refractivity contribution in [2.24, 2.45) is 16.2 Å². The van der Waals surface area contributed by atoms with Crippen LogP contribution in [0.3, 0.4) is 0 Å². The van der Waals surface area contributed by atoms with E-state index in [1.165, 1.54) is 12.8 Å². The molecule has 2 saturated heterocycles. The molecule has 0 atom stereocenters. The van der Waals surface area contributed by atoms with Crippen molar-refractivity contribution in [1.82, 2.24) is 20.2 Å². The van der Waals surface area contributed by atoms with Crippen molar-refractivity contribution < 1.29 is 14.6 Å². The van der Waals surface area contributed by atoms with Crippen molar-refractivity contribution in [2.75, 3.05) is 31.1 Å². The summed E-state index contributed by atoms with van der Waals surface area (Å²) in [6, 6.07) is 7.65. The summed E-state index contributed by atoms with van der Waals surface area (Å²) in [6.45, 7) is 12.3. The largest absolute Gasteiger partial charge is 0.489 e. The Morgan fingerprint density at radius 2 is 1.79 bits per heavy atom. The molecule has 1 aromatic carbocycles. The molecule has 2 aliphatic heterocycles. The average molecular weight is 593 g/mol. The molecule has 1 aromatic heterocycles. The monoisotopic (exact) mass is 592 g/mol. The molecule has 2 saturated carbocycles. The van der Waals surface area contributed by atoms with Crippen LogP contribution in [0.5, 0.6) is 5.75 Å². The number of piperidine rings is 1. The van der Waals surface area contributed by atoms with Gasteiger partial charge in [0, 0.05) is 67.6 Å². The summed E-state index contributed by atoms with van der Waals surface area (Å²) < 4.78 is 6.34. The van der Waals surface area contributed by atoms with E-state index in [1.807, 2.05) is 0 Å². The molecule has 0 radical (unpaired) electrons. The van der Waals surface area contributed by atoms with Gasteiger partial charge in [-0.05, 0) is 49.7 Å². The topological polar surface area (TPSA) is 115 Å². The number of aliphatic hydroxyl groups excluding tert-OH is 1. The number of benzene rings is 1. The minimum absolute atomic E-state index is 0.128. The van der Waals surface area contributed by atoms with Crippen LogP contribution < -0.4 is 15.0 Å². The zero-order valence-electron chi connectivity index (χ0n) is 24.9. The summed E-state index contributed by atoms with van der Waals surface area (Å²) in [6.07, 6.45) is 8.31.